The van der Waals surface area contributed by atoms with E-state index in [-0.39, 0.29) is 25.1 Å². The smallest absolute Gasteiger partial charge is 0.311 e. The van der Waals surface area contributed by atoms with Crippen LogP contribution >= 0.6 is 22.9 Å². The second-order valence-corrected chi connectivity index (χ2v) is 4.71. The molecule has 0 rings (SSSR count). The Morgan fingerprint density at radius 1 is 1.50 bits per heavy atom. The molecule has 2 N–H and O–H groups in total. The van der Waals surface area contributed by atoms with Crippen molar-refractivity contribution in [3.05, 3.63) is 0 Å². The highest BCUT2D eigenvalue weighted by Crippen LogP contribution is 2.21. The molecular weight excluding hydrogens is 325 g/mol. The molecule has 0 aromatic heterocycles. The van der Waals surface area contributed by atoms with E-state index in [9.17, 15) is 9.59 Å². The van der Waals surface area contributed by atoms with Crippen LogP contribution in [0.3, 0.4) is 0 Å². The van der Waals surface area contributed by atoms with Gasteiger partial charge in [-0.15, -0.1) is 0 Å². The van der Waals surface area contributed by atoms with Crippen LogP contribution in [0.2, 0.25) is 0 Å². The van der Waals surface area contributed by atoms with Crippen LogP contribution in [0.25, 0.3) is 0 Å². The maximum atomic E-state index is 11.6. The lowest BCUT2D eigenvalue weighted by atomic mass is 9.91. The number of aliphatic hydroxyl groups is 1. The number of amides is 1. The van der Waals surface area contributed by atoms with Crippen LogP contribution in [0, 0.1) is 11.3 Å². The van der Waals surface area contributed by atoms with Crippen molar-refractivity contribution >= 4 is 34.7 Å². The topological polar surface area (TPSA) is 75.6 Å². The summed E-state index contributed by atoms with van der Waals surface area (Å²) in [4.78, 5) is 22.8. The summed E-state index contributed by atoms with van der Waals surface area (Å²) in [7, 11) is 0. The van der Waals surface area contributed by atoms with Gasteiger partial charge in [0, 0.05) is 0 Å². The van der Waals surface area contributed by atoms with Crippen molar-refractivity contribution in [2.75, 3.05) is 13.2 Å². The van der Waals surface area contributed by atoms with Gasteiger partial charge in [-0.1, -0.05) is 6.92 Å². The maximum absolute atomic E-state index is 11.6. The van der Waals surface area contributed by atoms with Crippen molar-refractivity contribution in [2.24, 2.45) is 11.3 Å². The molecule has 1 amide bonds. The van der Waals surface area contributed by atoms with E-state index in [2.05, 4.69) is 3.53 Å². The number of nitrogens with one attached hydrogen (secondary N) is 1. The van der Waals surface area contributed by atoms with Crippen LogP contribution < -0.4 is 3.53 Å². The third kappa shape index (κ3) is 4.65. The molecule has 1 unspecified atom stereocenters. The molecule has 6 heteroatoms. The van der Waals surface area contributed by atoms with Gasteiger partial charge in [-0.25, -0.2) is 0 Å². The van der Waals surface area contributed by atoms with Crippen molar-refractivity contribution in [1.29, 1.82) is 0 Å². The number of carbonyl (C=O) groups is 2. The molecule has 0 aromatic carbocycles. The minimum atomic E-state index is -0.700. The number of halogens is 1. The number of esters is 1. The molecule has 1 atom stereocenters. The lowest BCUT2D eigenvalue weighted by molar-refractivity contribution is -0.156. The van der Waals surface area contributed by atoms with E-state index in [0.717, 1.165) is 0 Å². The van der Waals surface area contributed by atoms with Gasteiger partial charge in [-0.3, -0.25) is 13.1 Å². The summed E-state index contributed by atoms with van der Waals surface area (Å²) < 4.78 is 7.38. The number of hydrogen-bond donors (Lipinski definition) is 2. The van der Waals surface area contributed by atoms with Crippen LogP contribution in [0.1, 0.15) is 27.2 Å². The Bertz CT molecular complexity index is 255. The highest BCUT2D eigenvalue weighted by atomic mass is 127. The molecular formula is C10H18INO4. The number of ether oxygens (including phenoxy) is 1. The molecule has 94 valence electrons. The zero-order valence-electron chi connectivity index (χ0n) is 9.75. The summed E-state index contributed by atoms with van der Waals surface area (Å²) in [6.07, 6.45) is 0.661. The van der Waals surface area contributed by atoms with E-state index in [1.54, 1.807) is 36.7 Å². The number of carbonyl (C=O) groups excluding carboxylic acids is 2. The van der Waals surface area contributed by atoms with Crippen LogP contribution in [0.5, 0.6) is 0 Å². The number of rotatable bonds is 6. The normalized spacial score (nSPS) is 13.1. The van der Waals surface area contributed by atoms with Gasteiger partial charge in [0.25, 0.3) is 0 Å². The molecule has 0 spiro atoms. The molecule has 0 aromatic rings. The van der Waals surface area contributed by atoms with Crippen molar-refractivity contribution in [1.82, 2.24) is 3.53 Å². The van der Waals surface area contributed by atoms with Gasteiger partial charge >= 0.3 is 5.97 Å². The van der Waals surface area contributed by atoms with Crippen LogP contribution in [0.4, 0.5) is 0 Å². The Balaban J connectivity index is 4.23. The van der Waals surface area contributed by atoms with Crippen molar-refractivity contribution < 1.29 is 19.4 Å². The predicted octanol–water partition coefficient (Wildman–Crippen LogP) is 1.04. The van der Waals surface area contributed by atoms with Gasteiger partial charge in [-0.2, -0.15) is 0 Å². The van der Waals surface area contributed by atoms with E-state index in [1.807, 2.05) is 6.92 Å². The van der Waals surface area contributed by atoms with E-state index in [0.29, 0.717) is 6.42 Å². The standard InChI is InChI=1S/C10H18INO4/c1-4-10(2,3)9(15)16-6-7(5-13)8(14)12-11/h7,13H,4-6H2,1-3H3,(H,12,14). The van der Waals surface area contributed by atoms with Crippen LogP contribution in [-0.2, 0) is 14.3 Å². The number of aliphatic hydroxyl groups excluding tert-OH is 1. The molecule has 0 saturated heterocycles. The Morgan fingerprint density at radius 3 is 2.44 bits per heavy atom. The van der Waals surface area contributed by atoms with Gasteiger partial charge in [0.05, 0.1) is 40.8 Å². The average molecular weight is 343 g/mol. The molecule has 0 saturated carbocycles. The first-order chi connectivity index (χ1) is 7.38. The highest BCUT2D eigenvalue weighted by Gasteiger charge is 2.28. The maximum Gasteiger partial charge on any atom is 0.311 e. The summed E-state index contributed by atoms with van der Waals surface area (Å²) >= 11 is 1.68. The third-order valence-electron chi connectivity index (χ3n) is 2.54. The largest absolute Gasteiger partial charge is 0.464 e. The molecule has 16 heavy (non-hydrogen) atoms. The fraction of sp³-hybridized carbons (Fsp3) is 0.800. The average Bonchev–Trinajstić information content (AvgIpc) is 2.28. The van der Waals surface area contributed by atoms with E-state index in [4.69, 9.17) is 9.84 Å². The molecule has 0 aliphatic rings. The van der Waals surface area contributed by atoms with E-state index in [1.165, 1.54) is 0 Å². The zero-order valence-corrected chi connectivity index (χ0v) is 11.9. The Labute approximate surface area is 109 Å². The summed E-state index contributed by atoms with van der Waals surface area (Å²) in [5, 5.41) is 8.94. The van der Waals surface area contributed by atoms with Crippen molar-refractivity contribution in [3.63, 3.8) is 0 Å². The second-order valence-electron chi connectivity index (χ2n) is 4.17. The molecule has 5 nitrogen and oxygen atoms in total. The first-order valence-corrected chi connectivity index (χ1v) is 6.15. The minimum Gasteiger partial charge on any atom is -0.464 e. The summed E-state index contributed by atoms with van der Waals surface area (Å²) in [5.74, 6) is -1.39. The fourth-order valence-corrected chi connectivity index (χ4v) is 1.24. The van der Waals surface area contributed by atoms with Gasteiger partial charge in [0.15, 0.2) is 0 Å². The summed E-state index contributed by atoms with van der Waals surface area (Å²) in [6.45, 7) is 5.02. The monoisotopic (exact) mass is 343 g/mol. The van der Waals surface area contributed by atoms with Crippen molar-refractivity contribution in [2.45, 2.75) is 27.2 Å². The van der Waals surface area contributed by atoms with Gasteiger partial charge in [0.2, 0.25) is 5.91 Å². The summed E-state index contributed by atoms with van der Waals surface area (Å²) in [6, 6.07) is 0. The lowest BCUT2D eigenvalue weighted by Crippen LogP contribution is -2.34. The molecule has 0 heterocycles. The minimum absolute atomic E-state index is 0.0897. The first-order valence-electron chi connectivity index (χ1n) is 5.07. The second kappa shape index (κ2) is 7.05. The Hall–Kier alpha value is -0.370. The van der Waals surface area contributed by atoms with Crippen LogP contribution in [0.15, 0.2) is 0 Å². The molecule has 0 bridgehead atoms. The third-order valence-corrected chi connectivity index (χ3v) is 3.07. The van der Waals surface area contributed by atoms with Gasteiger partial charge in [-0.05, 0) is 20.3 Å². The fourth-order valence-electron chi connectivity index (χ4n) is 0.804. The zero-order chi connectivity index (χ0) is 12.8. The SMILES string of the molecule is CCC(C)(C)C(=O)OCC(CO)C(=O)NI. The highest BCUT2D eigenvalue weighted by molar-refractivity contribution is 14.1. The summed E-state index contributed by atoms with van der Waals surface area (Å²) in [5.41, 5.74) is -0.555. The van der Waals surface area contributed by atoms with E-state index >= 15 is 0 Å². The quantitative estimate of drug-likeness (QED) is 0.429. The molecule has 0 aliphatic carbocycles. The van der Waals surface area contributed by atoms with E-state index < -0.39 is 11.3 Å². The number of hydrogen-bond acceptors (Lipinski definition) is 4. The van der Waals surface area contributed by atoms with Crippen LogP contribution in [-0.4, -0.2) is 30.2 Å². The molecule has 0 fully saturated rings. The molecule has 0 aliphatic heterocycles. The Morgan fingerprint density at radius 2 is 2.06 bits per heavy atom. The van der Waals surface area contributed by atoms with Gasteiger partial charge < -0.3 is 9.84 Å². The first kappa shape index (κ1) is 15.6. The Kier molecular flexibility index (Phi) is 6.89. The van der Waals surface area contributed by atoms with Crippen molar-refractivity contribution in [3.8, 4) is 0 Å². The lowest BCUT2D eigenvalue weighted by Gasteiger charge is -2.21. The van der Waals surface area contributed by atoms with Gasteiger partial charge in [0.1, 0.15) is 6.61 Å². The molecule has 0 radical (unpaired) electrons. The predicted molar refractivity (Wildman–Crippen MR) is 67.8 cm³/mol.